The SMILES string of the molecule is CC(=O)OC[C@H]1O[C@](O)(N2C=CCC(NC=O)=C2)[C@H](OC(C)=O)[C@@H]1OC(C)=O. The highest BCUT2D eigenvalue weighted by atomic mass is 16.7. The first-order chi connectivity index (χ1) is 13.2. The molecule has 0 spiro atoms. The molecule has 1 fully saturated rings. The molecule has 4 atom stereocenters. The molecular weight excluding hydrogens is 376 g/mol. The number of nitrogens with one attached hydrogen (secondary N) is 1. The summed E-state index contributed by atoms with van der Waals surface area (Å²) in [6.07, 6.45) is 1.47. The van der Waals surface area contributed by atoms with Crippen molar-refractivity contribution in [3.63, 3.8) is 0 Å². The number of esters is 3. The smallest absolute Gasteiger partial charge is 0.303 e. The minimum atomic E-state index is -2.29. The van der Waals surface area contributed by atoms with Crippen LogP contribution in [0.25, 0.3) is 0 Å². The van der Waals surface area contributed by atoms with E-state index in [9.17, 15) is 24.3 Å². The Labute approximate surface area is 160 Å². The molecule has 0 aliphatic carbocycles. The van der Waals surface area contributed by atoms with Gasteiger partial charge >= 0.3 is 17.9 Å². The van der Waals surface area contributed by atoms with Crippen molar-refractivity contribution < 1.29 is 43.2 Å². The third kappa shape index (κ3) is 4.87. The quantitative estimate of drug-likeness (QED) is 0.320. The number of allylic oxidation sites excluding steroid dienone is 1. The summed E-state index contributed by atoms with van der Waals surface area (Å²) >= 11 is 0. The average Bonchev–Trinajstić information content (AvgIpc) is 2.86. The molecule has 2 aliphatic rings. The van der Waals surface area contributed by atoms with Crippen molar-refractivity contribution >= 4 is 24.3 Å². The lowest BCUT2D eigenvalue weighted by Gasteiger charge is -2.37. The van der Waals surface area contributed by atoms with Crippen LogP contribution in [0.5, 0.6) is 0 Å². The van der Waals surface area contributed by atoms with Crippen LogP contribution in [-0.4, -0.2) is 65.2 Å². The van der Waals surface area contributed by atoms with Crippen LogP contribution in [0.3, 0.4) is 0 Å². The highest BCUT2D eigenvalue weighted by Crippen LogP contribution is 2.38. The lowest BCUT2D eigenvalue weighted by molar-refractivity contribution is -0.293. The minimum Gasteiger partial charge on any atom is -0.463 e. The van der Waals surface area contributed by atoms with Gasteiger partial charge in [0, 0.05) is 45.3 Å². The minimum absolute atomic E-state index is 0.353. The molecule has 0 aromatic rings. The van der Waals surface area contributed by atoms with E-state index in [0.29, 0.717) is 18.5 Å². The van der Waals surface area contributed by atoms with Gasteiger partial charge in [0.2, 0.25) is 12.5 Å². The number of ether oxygens (including phenoxy) is 4. The number of carbonyl (C=O) groups excluding carboxylic acids is 4. The fourth-order valence-corrected chi connectivity index (χ4v) is 2.88. The highest BCUT2D eigenvalue weighted by molar-refractivity contribution is 5.68. The van der Waals surface area contributed by atoms with Gasteiger partial charge in [0.15, 0.2) is 6.10 Å². The van der Waals surface area contributed by atoms with Gasteiger partial charge in [0.25, 0.3) is 5.91 Å². The Hall–Kier alpha value is -2.92. The maximum atomic E-state index is 11.6. The molecule has 28 heavy (non-hydrogen) atoms. The van der Waals surface area contributed by atoms with Crippen molar-refractivity contribution in [2.24, 2.45) is 0 Å². The van der Waals surface area contributed by atoms with Crippen molar-refractivity contribution in [3.8, 4) is 0 Å². The number of carbonyl (C=O) groups is 4. The summed E-state index contributed by atoms with van der Waals surface area (Å²) in [4.78, 5) is 46.2. The summed E-state index contributed by atoms with van der Waals surface area (Å²) in [5.74, 6) is -4.37. The summed E-state index contributed by atoms with van der Waals surface area (Å²) in [5.41, 5.74) is 0.434. The van der Waals surface area contributed by atoms with Gasteiger partial charge in [-0.1, -0.05) is 6.08 Å². The fourth-order valence-electron chi connectivity index (χ4n) is 2.88. The highest BCUT2D eigenvalue weighted by Gasteiger charge is 2.61. The molecule has 1 saturated heterocycles. The zero-order valence-electron chi connectivity index (χ0n) is 15.6. The van der Waals surface area contributed by atoms with Crippen LogP contribution in [0.1, 0.15) is 27.2 Å². The number of nitrogens with zero attached hydrogens (tertiary/aromatic N) is 1. The molecular formula is C17H22N2O9. The van der Waals surface area contributed by atoms with E-state index >= 15 is 0 Å². The molecule has 0 unspecified atom stereocenters. The monoisotopic (exact) mass is 398 g/mol. The number of amides is 1. The molecule has 2 aliphatic heterocycles. The van der Waals surface area contributed by atoms with E-state index in [0.717, 1.165) is 13.8 Å². The Bertz CT molecular complexity index is 701. The molecule has 0 bridgehead atoms. The van der Waals surface area contributed by atoms with Crippen LogP contribution in [0, 0.1) is 0 Å². The maximum absolute atomic E-state index is 11.6. The Morgan fingerprint density at radius 3 is 2.54 bits per heavy atom. The van der Waals surface area contributed by atoms with E-state index in [1.54, 1.807) is 6.08 Å². The van der Waals surface area contributed by atoms with E-state index in [4.69, 9.17) is 18.9 Å². The van der Waals surface area contributed by atoms with E-state index in [2.05, 4.69) is 5.32 Å². The molecule has 154 valence electrons. The van der Waals surface area contributed by atoms with Gasteiger partial charge in [0.05, 0.1) is 0 Å². The third-order valence-electron chi connectivity index (χ3n) is 3.92. The molecule has 11 nitrogen and oxygen atoms in total. The Balaban J connectivity index is 2.40. The topological polar surface area (TPSA) is 141 Å². The first-order valence-electron chi connectivity index (χ1n) is 8.41. The summed E-state index contributed by atoms with van der Waals surface area (Å²) in [6.45, 7) is 3.08. The molecule has 0 saturated carbocycles. The maximum Gasteiger partial charge on any atom is 0.303 e. The number of hydrogen-bond donors (Lipinski definition) is 2. The third-order valence-corrected chi connectivity index (χ3v) is 3.92. The predicted octanol–water partition coefficient (Wildman–Crippen LogP) is -0.735. The zero-order valence-corrected chi connectivity index (χ0v) is 15.6. The molecule has 2 rings (SSSR count). The molecule has 1 amide bonds. The largest absolute Gasteiger partial charge is 0.463 e. The van der Waals surface area contributed by atoms with Crippen LogP contribution in [0.4, 0.5) is 0 Å². The van der Waals surface area contributed by atoms with Crippen LogP contribution in [0.2, 0.25) is 0 Å². The lowest BCUT2D eigenvalue weighted by Crippen LogP contribution is -2.55. The second-order valence-corrected chi connectivity index (χ2v) is 6.13. The average molecular weight is 398 g/mol. The molecule has 0 radical (unpaired) electrons. The van der Waals surface area contributed by atoms with Crippen molar-refractivity contribution in [2.75, 3.05) is 6.61 Å². The predicted molar refractivity (Wildman–Crippen MR) is 90.4 cm³/mol. The first-order valence-corrected chi connectivity index (χ1v) is 8.41. The second kappa shape index (κ2) is 8.85. The standard InChI is InChI=1S/C17H22N2O9/c1-10(21)25-8-14-15(26-11(2)22)16(27-12(3)23)17(24,28-14)19-6-4-5-13(7-19)18-9-20/h4,6-7,9,14-16,24H,5,8H2,1-3H3,(H,18,20)/t14-,15-,16-,17+/m1/s1. The molecule has 2 heterocycles. The van der Waals surface area contributed by atoms with Gasteiger partial charge in [-0.3, -0.25) is 24.1 Å². The molecule has 0 aromatic carbocycles. The Morgan fingerprint density at radius 2 is 1.96 bits per heavy atom. The van der Waals surface area contributed by atoms with E-state index < -0.39 is 42.1 Å². The van der Waals surface area contributed by atoms with E-state index in [1.807, 2.05) is 0 Å². The van der Waals surface area contributed by atoms with Gasteiger partial charge in [0.1, 0.15) is 12.7 Å². The van der Waals surface area contributed by atoms with Crippen molar-refractivity contribution in [1.82, 2.24) is 10.2 Å². The Morgan fingerprint density at radius 1 is 1.29 bits per heavy atom. The zero-order chi connectivity index (χ0) is 20.9. The number of hydrogen-bond acceptors (Lipinski definition) is 10. The van der Waals surface area contributed by atoms with Gasteiger partial charge in [-0.15, -0.1) is 0 Å². The van der Waals surface area contributed by atoms with Gasteiger partial charge in [-0.2, -0.15) is 0 Å². The van der Waals surface area contributed by atoms with Crippen molar-refractivity contribution in [2.45, 2.75) is 51.4 Å². The van der Waals surface area contributed by atoms with Gasteiger partial charge < -0.3 is 29.4 Å². The van der Waals surface area contributed by atoms with E-state index in [-0.39, 0.29) is 6.61 Å². The van der Waals surface area contributed by atoms with Crippen LogP contribution < -0.4 is 5.32 Å². The van der Waals surface area contributed by atoms with Crippen molar-refractivity contribution in [3.05, 3.63) is 24.2 Å². The molecule has 11 heteroatoms. The molecule has 0 aromatic heterocycles. The summed E-state index contributed by atoms with van der Waals surface area (Å²) in [6, 6.07) is 0. The molecule has 2 N–H and O–H groups in total. The lowest BCUT2D eigenvalue weighted by atomic mass is 10.1. The Kier molecular flexibility index (Phi) is 6.75. The number of aliphatic hydroxyl groups is 1. The summed E-state index contributed by atoms with van der Waals surface area (Å²) < 4.78 is 20.9. The van der Waals surface area contributed by atoms with Crippen LogP contribution >= 0.6 is 0 Å². The first kappa shape index (κ1) is 21.4. The summed E-state index contributed by atoms with van der Waals surface area (Å²) in [7, 11) is 0. The summed E-state index contributed by atoms with van der Waals surface area (Å²) in [5, 5.41) is 13.7. The van der Waals surface area contributed by atoms with Crippen LogP contribution in [0.15, 0.2) is 24.2 Å². The van der Waals surface area contributed by atoms with E-state index in [1.165, 1.54) is 24.2 Å². The van der Waals surface area contributed by atoms with Gasteiger partial charge in [-0.25, -0.2) is 0 Å². The van der Waals surface area contributed by atoms with Crippen LogP contribution in [-0.2, 0) is 38.1 Å². The fraction of sp³-hybridized carbons (Fsp3) is 0.529. The van der Waals surface area contributed by atoms with Crippen molar-refractivity contribution in [1.29, 1.82) is 0 Å². The normalized spacial score (nSPS) is 28.9. The van der Waals surface area contributed by atoms with Gasteiger partial charge in [-0.05, 0) is 0 Å². The number of rotatable bonds is 7. The second-order valence-electron chi connectivity index (χ2n) is 6.13.